The third kappa shape index (κ3) is 8.10. The second kappa shape index (κ2) is 13.4. The maximum Gasteiger partial charge on any atom is 0.326 e. The molecule has 10 nitrogen and oxygen atoms in total. The monoisotopic (exact) mass is 573 g/mol. The number of aromatic amines is 1. The summed E-state index contributed by atoms with van der Waals surface area (Å²) in [6.45, 7) is 1.85. The van der Waals surface area contributed by atoms with E-state index in [2.05, 4.69) is 15.3 Å². The van der Waals surface area contributed by atoms with Gasteiger partial charge in [0.05, 0.1) is 17.0 Å². The zero-order valence-corrected chi connectivity index (χ0v) is 22.6. The number of rotatable bonds is 13. The van der Waals surface area contributed by atoms with Gasteiger partial charge < -0.3 is 25.3 Å². The van der Waals surface area contributed by atoms with Crippen molar-refractivity contribution in [3.05, 3.63) is 101 Å². The maximum absolute atomic E-state index is 14.0. The SMILES string of the molecule is Cc1ccc(F)c(CC(=O)Cc2ccc(Oc3ccnc(-c4cc(C(=O)N[C@@H](CCC(=O)O)C(=O)O)c[nH]4)c3)cc2)c1. The van der Waals surface area contributed by atoms with Gasteiger partial charge in [0.1, 0.15) is 29.1 Å². The van der Waals surface area contributed by atoms with Crippen LogP contribution in [0.2, 0.25) is 0 Å². The van der Waals surface area contributed by atoms with Crippen molar-refractivity contribution in [2.24, 2.45) is 0 Å². The van der Waals surface area contributed by atoms with Crippen LogP contribution in [-0.4, -0.2) is 49.9 Å². The number of carbonyl (C=O) groups excluding carboxylic acids is 2. The first kappa shape index (κ1) is 29.7. The van der Waals surface area contributed by atoms with E-state index in [1.807, 2.05) is 6.92 Å². The van der Waals surface area contributed by atoms with Crippen LogP contribution in [0.1, 0.15) is 39.9 Å². The molecule has 0 aliphatic heterocycles. The number of aryl methyl sites for hydroxylation is 1. The second-order valence-electron chi connectivity index (χ2n) is 9.71. The van der Waals surface area contributed by atoms with Gasteiger partial charge in [-0.1, -0.05) is 29.8 Å². The summed E-state index contributed by atoms with van der Waals surface area (Å²) >= 11 is 0. The molecule has 4 aromatic rings. The molecule has 0 unspecified atom stereocenters. The number of nitrogens with one attached hydrogen (secondary N) is 2. The molecule has 0 radical (unpaired) electrons. The Bertz CT molecular complexity index is 1620. The van der Waals surface area contributed by atoms with Crippen molar-refractivity contribution < 1.29 is 38.5 Å². The number of hydrogen-bond donors (Lipinski definition) is 4. The molecule has 2 aromatic heterocycles. The van der Waals surface area contributed by atoms with Crippen LogP contribution in [0.4, 0.5) is 4.39 Å². The number of aliphatic carboxylic acids is 2. The largest absolute Gasteiger partial charge is 0.481 e. The van der Waals surface area contributed by atoms with E-state index in [4.69, 9.17) is 9.84 Å². The van der Waals surface area contributed by atoms with Gasteiger partial charge in [0.25, 0.3) is 5.91 Å². The third-order valence-electron chi connectivity index (χ3n) is 6.35. The average Bonchev–Trinajstić information content (AvgIpc) is 3.45. The van der Waals surface area contributed by atoms with Gasteiger partial charge in [-0.25, -0.2) is 9.18 Å². The summed E-state index contributed by atoms with van der Waals surface area (Å²) in [5.41, 5.74) is 3.11. The highest BCUT2D eigenvalue weighted by atomic mass is 19.1. The van der Waals surface area contributed by atoms with E-state index < -0.39 is 36.1 Å². The van der Waals surface area contributed by atoms with Gasteiger partial charge in [0.15, 0.2) is 0 Å². The molecule has 1 atom stereocenters. The summed E-state index contributed by atoms with van der Waals surface area (Å²) in [5.74, 6) is -2.70. The highest BCUT2D eigenvalue weighted by Gasteiger charge is 2.22. The smallest absolute Gasteiger partial charge is 0.326 e. The molecule has 4 rings (SSSR count). The molecule has 2 aromatic carbocycles. The Morgan fingerprint density at radius 1 is 0.976 bits per heavy atom. The van der Waals surface area contributed by atoms with Crippen molar-refractivity contribution >= 4 is 23.6 Å². The van der Waals surface area contributed by atoms with Crippen LogP contribution >= 0.6 is 0 Å². The summed E-state index contributed by atoms with van der Waals surface area (Å²) in [6.07, 6.45) is 2.43. The van der Waals surface area contributed by atoms with Crippen LogP contribution in [0, 0.1) is 12.7 Å². The minimum absolute atomic E-state index is 0.0124. The Kier molecular flexibility index (Phi) is 9.43. The number of hydrogen-bond acceptors (Lipinski definition) is 6. The molecule has 0 aliphatic rings. The summed E-state index contributed by atoms with van der Waals surface area (Å²) in [4.78, 5) is 54.4. The number of pyridine rings is 1. The molecule has 4 N–H and O–H groups in total. The first-order valence-corrected chi connectivity index (χ1v) is 13.0. The number of ether oxygens (including phenoxy) is 1. The Balaban J connectivity index is 1.36. The van der Waals surface area contributed by atoms with Gasteiger partial charge in [0.2, 0.25) is 0 Å². The van der Waals surface area contributed by atoms with Crippen LogP contribution in [0.15, 0.2) is 73.1 Å². The number of aromatic nitrogens is 2. The van der Waals surface area contributed by atoms with Crippen LogP contribution in [0.3, 0.4) is 0 Å². The number of carboxylic acid groups (broad SMARTS) is 2. The quantitative estimate of drug-likeness (QED) is 0.179. The number of ketones is 1. The van der Waals surface area contributed by atoms with Crippen molar-refractivity contribution in [1.29, 1.82) is 0 Å². The predicted octanol–water partition coefficient (Wildman–Crippen LogP) is 4.72. The number of halogens is 1. The molecule has 216 valence electrons. The molecule has 0 bridgehead atoms. The molecule has 0 fully saturated rings. The summed E-state index contributed by atoms with van der Waals surface area (Å²) in [6, 6.07) is 15.1. The number of amides is 1. The van der Waals surface area contributed by atoms with E-state index in [-0.39, 0.29) is 30.6 Å². The predicted molar refractivity (Wildman–Crippen MR) is 150 cm³/mol. The Hall–Kier alpha value is -5.32. The molecule has 1 amide bonds. The molecule has 42 heavy (non-hydrogen) atoms. The Morgan fingerprint density at radius 2 is 1.74 bits per heavy atom. The minimum atomic E-state index is -1.34. The highest BCUT2D eigenvalue weighted by molar-refractivity contribution is 5.97. The topological polar surface area (TPSA) is 159 Å². The van der Waals surface area contributed by atoms with E-state index >= 15 is 0 Å². The van der Waals surface area contributed by atoms with E-state index in [1.165, 1.54) is 24.5 Å². The van der Waals surface area contributed by atoms with Gasteiger partial charge in [0, 0.05) is 37.7 Å². The second-order valence-corrected chi connectivity index (χ2v) is 9.71. The fourth-order valence-electron chi connectivity index (χ4n) is 4.22. The molecule has 0 saturated carbocycles. The van der Waals surface area contributed by atoms with E-state index in [1.54, 1.807) is 48.5 Å². The maximum atomic E-state index is 14.0. The van der Waals surface area contributed by atoms with Gasteiger partial charge >= 0.3 is 11.9 Å². The number of nitrogens with zero attached hydrogens (tertiary/aromatic N) is 1. The van der Waals surface area contributed by atoms with Gasteiger partial charge in [-0.15, -0.1) is 0 Å². The molecule has 0 aliphatic carbocycles. The lowest BCUT2D eigenvalue weighted by atomic mass is 10.0. The van der Waals surface area contributed by atoms with Crippen molar-refractivity contribution in [1.82, 2.24) is 15.3 Å². The molecular weight excluding hydrogens is 545 g/mol. The lowest BCUT2D eigenvalue weighted by Gasteiger charge is -2.12. The molecular formula is C31H28FN3O7. The van der Waals surface area contributed by atoms with Crippen molar-refractivity contribution in [2.45, 2.75) is 38.6 Å². The molecule has 11 heteroatoms. The lowest BCUT2D eigenvalue weighted by molar-refractivity contribution is -0.140. The Labute approximate surface area is 240 Å². The average molecular weight is 574 g/mol. The van der Waals surface area contributed by atoms with Crippen LogP contribution in [0.5, 0.6) is 11.5 Å². The first-order chi connectivity index (χ1) is 20.1. The minimum Gasteiger partial charge on any atom is -0.481 e. The summed E-state index contributed by atoms with van der Waals surface area (Å²) in [7, 11) is 0. The fraction of sp³-hybridized carbons (Fsp3) is 0.194. The van der Waals surface area contributed by atoms with E-state index in [0.717, 1.165) is 11.1 Å². The zero-order chi connectivity index (χ0) is 30.2. The first-order valence-electron chi connectivity index (χ1n) is 13.0. The molecule has 0 saturated heterocycles. The van der Waals surface area contributed by atoms with Crippen molar-refractivity contribution in [3.63, 3.8) is 0 Å². The van der Waals surface area contributed by atoms with Crippen LogP contribution in [-0.2, 0) is 27.2 Å². The van der Waals surface area contributed by atoms with E-state index in [0.29, 0.717) is 28.5 Å². The lowest BCUT2D eigenvalue weighted by Crippen LogP contribution is -2.41. The summed E-state index contributed by atoms with van der Waals surface area (Å²) in [5, 5.41) is 20.4. The zero-order valence-electron chi connectivity index (χ0n) is 22.6. The number of benzene rings is 2. The van der Waals surface area contributed by atoms with Gasteiger partial charge in [-0.2, -0.15) is 0 Å². The molecule has 2 heterocycles. The Morgan fingerprint density at radius 3 is 2.45 bits per heavy atom. The van der Waals surface area contributed by atoms with Gasteiger partial charge in [-0.05, 0) is 54.8 Å². The molecule has 0 spiro atoms. The fourth-order valence-corrected chi connectivity index (χ4v) is 4.22. The highest BCUT2D eigenvalue weighted by Crippen LogP contribution is 2.26. The standard InChI is InChI=1S/C31H28FN3O7/c1-18-2-7-25(32)20(12-18)14-22(36)13-19-3-5-23(6-4-19)42-24-10-11-33-28(16-24)27-15-21(17-34-27)30(39)35-26(31(40)41)8-9-29(37)38/h2-7,10-12,15-17,26,34H,8-9,13-14H2,1H3,(H,35,39)(H,37,38)(H,40,41)/t26-/m0/s1. The number of Topliss-reactive ketones (excluding diaryl/α,β-unsaturated/α-hetero) is 1. The van der Waals surface area contributed by atoms with Crippen LogP contribution < -0.4 is 10.1 Å². The normalized spacial score (nSPS) is 11.5. The number of H-pyrrole nitrogens is 1. The van der Waals surface area contributed by atoms with Crippen LogP contribution in [0.25, 0.3) is 11.4 Å². The number of carbonyl (C=O) groups is 4. The van der Waals surface area contributed by atoms with Crippen molar-refractivity contribution in [2.75, 3.05) is 0 Å². The number of carboxylic acids is 2. The summed E-state index contributed by atoms with van der Waals surface area (Å²) < 4.78 is 19.9. The van der Waals surface area contributed by atoms with Gasteiger partial charge in [-0.3, -0.25) is 19.4 Å². The van der Waals surface area contributed by atoms with E-state index in [9.17, 15) is 28.7 Å². The van der Waals surface area contributed by atoms with Crippen molar-refractivity contribution in [3.8, 4) is 22.9 Å². The third-order valence-corrected chi connectivity index (χ3v) is 6.35.